The van der Waals surface area contributed by atoms with E-state index in [0.29, 0.717) is 17.8 Å². The van der Waals surface area contributed by atoms with Crippen molar-refractivity contribution in [3.05, 3.63) is 0 Å². The van der Waals surface area contributed by atoms with Gasteiger partial charge in [0, 0.05) is 0 Å². The van der Waals surface area contributed by atoms with E-state index in [1.165, 1.54) is 12.8 Å². The van der Waals surface area contributed by atoms with Crippen molar-refractivity contribution in [3.63, 3.8) is 0 Å². The van der Waals surface area contributed by atoms with Crippen LogP contribution in [0, 0.1) is 17.8 Å². The molecular formula is C12H23NO2. The third-order valence-corrected chi connectivity index (χ3v) is 3.41. The predicted molar refractivity (Wildman–Crippen MR) is 60.3 cm³/mol. The van der Waals surface area contributed by atoms with Gasteiger partial charge in [0.05, 0.1) is 6.54 Å². The summed E-state index contributed by atoms with van der Waals surface area (Å²) in [6, 6.07) is 0. The molecule has 15 heavy (non-hydrogen) atoms. The molecule has 1 rings (SSSR count). The molecule has 0 unspecified atom stereocenters. The van der Waals surface area contributed by atoms with Crippen LogP contribution in [0.1, 0.15) is 40.0 Å². The van der Waals surface area contributed by atoms with Crippen LogP contribution >= 0.6 is 0 Å². The van der Waals surface area contributed by atoms with Gasteiger partial charge in [-0.15, -0.1) is 0 Å². The van der Waals surface area contributed by atoms with E-state index >= 15 is 0 Å². The van der Waals surface area contributed by atoms with Gasteiger partial charge < -0.3 is 10.5 Å². The van der Waals surface area contributed by atoms with Crippen LogP contribution in [0.25, 0.3) is 0 Å². The minimum absolute atomic E-state index is 0.00427. The van der Waals surface area contributed by atoms with Gasteiger partial charge in [-0.05, 0) is 30.6 Å². The Morgan fingerprint density at radius 3 is 2.67 bits per heavy atom. The average Bonchev–Trinajstić information content (AvgIpc) is 2.17. The third kappa shape index (κ3) is 3.49. The first kappa shape index (κ1) is 12.5. The first-order valence-electron chi connectivity index (χ1n) is 5.94. The van der Waals surface area contributed by atoms with Crippen LogP contribution < -0.4 is 5.73 Å². The maximum atomic E-state index is 11.2. The number of rotatable bonds is 3. The topological polar surface area (TPSA) is 52.3 Å². The van der Waals surface area contributed by atoms with Gasteiger partial charge in [-0.2, -0.15) is 0 Å². The first-order valence-corrected chi connectivity index (χ1v) is 5.94. The fraction of sp³-hybridized carbons (Fsp3) is 0.917. The highest BCUT2D eigenvalue weighted by Gasteiger charge is 2.32. The van der Waals surface area contributed by atoms with E-state index in [4.69, 9.17) is 10.5 Å². The number of hydrogen-bond donors (Lipinski definition) is 1. The van der Waals surface area contributed by atoms with Crippen molar-refractivity contribution in [2.75, 3.05) is 6.54 Å². The maximum absolute atomic E-state index is 11.2. The Morgan fingerprint density at radius 1 is 1.47 bits per heavy atom. The van der Waals surface area contributed by atoms with Crippen molar-refractivity contribution in [1.29, 1.82) is 0 Å². The minimum atomic E-state index is -0.264. The van der Waals surface area contributed by atoms with Crippen LogP contribution in [-0.2, 0) is 9.53 Å². The van der Waals surface area contributed by atoms with Gasteiger partial charge in [0.15, 0.2) is 0 Å². The molecular weight excluding hydrogens is 190 g/mol. The number of hydrogen-bond acceptors (Lipinski definition) is 3. The summed E-state index contributed by atoms with van der Waals surface area (Å²) in [5.41, 5.74) is 5.27. The van der Waals surface area contributed by atoms with E-state index < -0.39 is 0 Å². The van der Waals surface area contributed by atoms with Gasteiger partial charge >= 0.3 is 5.97 Å². The van der Waals surface area contributed by atoms with Crippen LogP contribution in [-0.4, -0.2) is 18.6 Å². The highest BCUT2D eigenvalue weighted by atomic mass is 16.5. The van der Waals surface area contributed by atoms with Crippen molar-refractivity contribution in [2.24, 2.45) is 23.5 Å². The Kier molecular flexibility index (Phi) is 4.58. The molecule has 0 amide bonds. The van der Waals surface area contributed by atoms with E-state index in [1.54, 1.807) is 0 Å². The fourth-order valence-electron chi connectivity index (χ4n) is 2.47. The van der Waals surface area contributed by atoms with Crippen LogP contribution in [0.2, 0.25) is 0 Å². The van der Waals surface area contributed by atoms with E-state index in [9.17, 15) is 4.79 Å². The summed E-state index contributed by atoms with van der Waals surface area (Å²) in [6.45, 7) is 6.61. The molecule has 0 aromatic heterocycles. The lowest BCUT2D eigenvalue weighted by Crippen LogP contribution is -2.37. The molecule has 3 atom stereocenters. The molecule has 0 spiro atoms. The highest BCUT2D eigenvalue weighted by molar-refractivity contribution is 5.71. The van der Waals surface area contributed by atoms with Crippen LogP contribution in [0.3, 0.4) is 0 Å². The standard InChI is InChI=1S/C12H23NO2/c1-8(2)10-5-4-9(3)6-11(10)15-12(14)7-13/h8-11H,4-7,13H2,1-3H3/t9-,10+,11-/m1/s1. The van der Waals surface area contributed by atoms with Crippen molar-refractivity contribution >= 4 is 5.97 Å². The summed E-state index contributed by atoms with van der Waals surface area (Å²) < 4.78 is 5.42. The van der Waals surface area contributed by atoms with Crippen LogP contribution in [0.4, 0.5) is 0 Å². The van der Waals surface area contributed by atoms with Gasteiger partial charge in [-0.1, -0.05) is 27.2 Å². The average molecular weight is 213 g/mol. The van der Waals surface area contributed by atoms with Gasteiger partial charge in [0.1, 0.15) is 6.10 Å². The van der Waals surface area contributed by atoms with Gasteiger partial charge in [-0.3, -0.25) is 4.79 Å². The normalized spacial score (nSPS) is 31.7. The molecule has 0 saturated heterocycles. The zero-order valence-electron chi connectivity index (χ0n) is 10.0. The minimum Gasteiger partial charge on any atom is -0.461 e. The van der Waals surface area contributed by atoms with Crippen LogP contribution in [0.15, 0.2) is 0 Å². The zero-order chi connectivity index (χ0) is 11.4. The van der Waals surface area contributed by atoms with Crippen LogP contribution in [0.5, 0.6) is 0 Å². The predicted octanol–water partition coefficient (Wildman–Crippen LogP) is 1.95. The Labute approximate surface area is 92.4 Å². The molecule has 3 heteroatoms. The number of ether oxygens (including phenoxy) is 1. The second-order valence-corrected chi connectivity index (χ2v) is 5.06. The molecule has 3 nitrogen and oxygen atoms in total. The molecule has 0 bridgehead atoms. The molecule has 2 N–H and O–H groups in total. The number of carbonyl (C=O) groups is 1. The van der Waals surface area contributed by atoms with E-state index in [0.717, 1.165) is 6.42 Å². The molecule has 1 fully saturated rings. The molecule has 0 aromatic rings. The Balaban J connectivity index is 2.57. The van der Waals surface area contributed by atoms with E-state index in [1.807, 2.05) is 0 Å². The van der Waals surface area contributed by atoms with Gasteiger partial charge in [0.25, 0.3) is 0 Å². The molecule has 88 valence electrons. The molecule has 0 aliphatic heterocycles. The van der Waals surface area contributed by atoms with Gasteiger partial charge in [-0.25, -0.2) is 0 Å². The lowest BCUT2D eigenvalue weighted by Gasteiger charge is -2.36. The Morgan fingerprint density at radius 2 is 2.13 bits per heavy atom. The summed E-state index contributed by atoms with van der Waals surface area (Å²) in [5.74, 6) is 1.49. The third-order valence-electron chi connectivity index (χ3n) is 3.41. The van der Waals surface area contributed by atoms with Crippen molar-refractivity contribution in [2.45, 2.75) is 46.1 Å². The summed E-state index contributed by atoms with van der Waals surface area (Å²) in [6.07, 6.45) is 3.50. The van der Waals surface area contributed by atoms with E-state index in [2.05, 4.69) is 20.8 Å². The molecule has 0 aromatic carbocycles. The quantitative estimate of drug-likeness (QED) is 0.729. The van der Waals surface area contributed by atoms with Crippen molar-refractivity contribution in [3.8, 4) is 0 Å². The van der Waals surface area contributed by atoms with Crippen molar-refractivity contribution in [1.82, 2.24) is 0 Å². The SMILES string of the molecule is CC(C)[C@@H]1CC[C@@H](C)C[C@H]1OC(=O)CN. The second-order valence-electron chi connectivity index (χ2n) is 5.06. The summed E-state index contributed by atoms with van der Waals surface area (Å²) in [4.78, 5) is 11.2. The molecule has 1 aliphatic rings. The smallest absolute Gasteiger partial charge is 0.319 e. The summed E-state index contributed by atoms with van der Waals surface area (Å²) >= 11 is 0. The largest absolute Gasteiger partial charge is 0.461 e. The summed E-state index contributed by atoms with van der Waals surface area (Å²) in [7, 11) is 0. The highest BCUT2D eigenvalue weighted by Crippen LogP contribution is 2.35. The molecule has 1 saturated carbocycles. The molecule has 1 aliphatic carbocycles. The Hall–Kier alpha value is -0.570. The molecule has 0 radical (unpaired) electrons. The zero-order valence-corrected chi connectivity index (χ0v) is 10.0. The summed E-state index contributed by atoms with van der Waals surface area (Å²) in [5, 5.41) is 0. The first-order chi connectivity index (χ1) is 7.04. The fourth-order valence-corrected chi connectivity index (χ4v) is 2.47. The van der Waals surface area contributed by atoms with E-state index in [-0.39, 0.29) is 18.6 Å². The monoisotopic (exact) mass is 213 g/mol. The Bertz CT molecular complexity index is 216. The number of nitrogens with two attached hydrogens (primary N) is 1. The number of esters is 1. The maximum Gasteiger partial charge on any atom is 0.319 e. The lowest BCUT2D eigenvalue weighted by atomic mass is 9.75. The lowest BCUT2D eigenvalue weighted by molar-refractivity contribution is -0.154. The van der Waals surface area contributed by atoms with Gasteiger partial charge in [0.2, 0.25) is 0 Å². The van der Waals surface area contributed by atoms with Crippen molar-refractivity contribution < 1.29 is 9.53 Å². The molecule has 0 heterocycles. The number of carbonyl (C=O) groups excluding carboxylic acids is 1. The second kappa shape index (κ2) is 5.50.